The third-order valence-electron chi connectivity index (χ3n) is 2.50. The summed E-state index contributed by atoms with van der Waals surface area (Å²) < 4.78 is 24.8. The molecule has 0 radical (unpaired) electrons. The van der Waals surface area contributed by atoms with Crippen LogP contribution in [0.3, 0.4) is 0 Å². The molecule has 0 aliphatic heterocycles. The Morgan fingerprint density at radius 1 is 1.26 bits per heavy atom. The minimum Gasteiger partial charge on any atom is -0.495 e. The van der Waals surface area contributed by atoms with Crippen LogP contribution >= 0.6 is 15.9 Å². The highest BCUT2D eigenvalue weighted by Crippen LogP contribution is 2.41. The third-order valence-corrected chi connectivity index (χ3v) is 3.25. The smallest absolute Gasteiger partial charge is 0.220 e. The quantitative estimate of drug-likeness (QED) is 0.938. The van der Waals surface area contributed by atoms with Gasteiger partial charge in [-0.25, -0.2) is 14.4 Å². The molecular formula is C12H11BrFN3O2. The highest BCUT2D eigenvalue weighted by Gasteiger charge is 2.18. The Morgan fingerprint density at radius 2 is 2.00 bits per heavy atom. The number of ether oxygens (including phenoxy) is 2. The molecule has 0 unspecified atom stereocenters. The average molecular weight is 328 g/mol. The van der Waals surface area contributed by atoms with Gasteiger partial charge in [-0.2, -0.15) is 0 Å². The minimum absolute atomic E-state index is 0.00889. The Kier molecular flexibility index (Phi) is 3.84. The lowest BCUT2D eigenvalue weighted by molar-refractivity contribution is 0.390. The van der Waals surface area contributed by atoms with Gasteiger partial charge in [0.05, 0.1) is 20.4 Å². The summed E-state index contributed by atoms with van der Waals surface area (Å²) in [4.78, 5) is 7.49. The number of nitrogens with zero attached hydrogens (tertiary/aromatic N) is 2. The van der Waals surface area contributed by atoms with E-state index in [4.69, 9.17) is 15.2 Å². The van der Waals surface area contributed by atoms with Crippen molar-refractivity contribution in [2.75, 3.05) is 20.0 Å². The molecule has 0 aliphatic carbocycles. The molecule has 0 bridgehead atoms. The Labute approximate surface area is 117 Å². The molecule has 0 saturated carbocycles. The molecule has 2 aromatic rings. The topological polar surface area (TPSA) is 70.3 Å². The van der Waals surface area contributed by atoms with E-state index in [0.29, 0.717) is 21.5 Å². The molecule has 0 fully saturated rings. The molecule has 7 heteroatoms. The second kappa shape index (κ2) is 5.40. The van der Waals surface area contributed by atoms with Crippen molar-refractivity contribution in [2.24, 2.45) is 0 Å². The normalized spacial score (nSPS) is 10.3. The zero-order valence-corrected chi connectivity index (χ0v) is 11.9. The number of halogens is 2. The van der Waals surface area contributed by atoms with E-state index in [1.54, 1.807) is 12.1 Å². The van der Waals surface area contributed by atoms with Crippen LogP contribution in [0.5, 0.6) is 11.5 Å². The van der Waals surface area contributed by atoms with Gasteiger partial charge in [-0.05, 0) is 28.1 Å². The largest absolute Gasteiger partial charge is 0.495 e. The fraction of sp³-hybridized carbons (Fsp3) is 0.167. The molecule has 2 N–H and O–H groups in total. The molecule has 1 aromatic carbocycles. The number of rotatable bonds is 3. The van der Waals surface area contributed by atoms with E-state index < -0.39 is 5.82 Å². The van der Waals surface area contributed by atoms with Gasteiger partial charge in [-0.15, -0.1) is 0 Å². The van der Waals surface area contributed by atoms with Crippen LogP contribution < -0.4 is 15.2 Å². The lowest BCUT2D eigenvalue weighted by Crippen LogP contribution is -2.01. The number of hydrogen-bond donors (Lipinski definition) is 1. The Morgan fingerprint density at radius 3 is 2.63 bits per heavy atom. The molecule has 0 aliphatic rings. The number of aromatic nitrogens is 2. The summed E-state index contributed by atoms with van der Waals surface area (Å²) in [5, 5.41) is 0. The Bertz CT molecular complexity index is 622. The first kappa shape index (κ1) is 13.5. The van der Waals surface area contributed by atoms with Crippen molar-refractivity contribution in [1.29, 1.82) is 0 Å². The van der Waals surface area contributed by atoms with E-state index in [9.17, 15) is 4.39 Å². The predicted molar refractivity (Wildman–Crippen MR) is 72.6 cm³/mol. The van der Waals surface area contributed by atoms with Gasteiger partial charge < -0.3 is 15.2 Å². The maximum atomic E-state index is 13.8. The second-order valence-corrected chi connectivity index (χ2v) is 4.38. The highest BCUT2D eigenvalue weighted by molar-refractivity contribution is 9.10. The maximum Gasteiger partial charge on any atom is 0.220 e. The lowest BCUT2D eigenvalue weighted by atomic mass is 10.1. The summed E-state index contributed by atoms with van der Waals surface area (Å²) in [6, 6.07) is 3.33. The van der Waals surface area contributed by atoms with Crippen LogP contribution in [0.1, 0.15) is 0 Å². The molecule has 0 amide bonds. The van der Waals surface area contributed by atoms with E-state index >= 15 is 0 Å². The van der Waals surface area contributed by atoms with Crippen LogP contribution in [0.25, 0.3) is 11.3 Å². The van der Waals surface area contributed by atoms with Crippen molar-refractivity contribution < 1.29 is 13.9 Å². The number of nitrogen functional groups attached to an aromatic ring is 1. The van der Waals surface area contributed by atoms with Crippen LogP contribution in [0.4, 0.5) is 10.3 Å². The summed E-state index contributed by atoms with van der Waals surface area (Å²) in [5.41, 5.74) is 6.02. The first-order valence-electron chi connectivity index (χ1n) is 5.27. The summed E-state index contributed by atoms with van der Waals surface area (Å²) in [6.45, 7) is 0. The molecule has 0 saturated heterocycles. The van der Waals surface area contributed by atoms with E-state index in [1.807, 2.05) is 0 Å². The summed E-state index contributed by atoms with van der Waals surface area (Å²) in [6.07, 6.45) is 1.02. The van der Waals surface area contributed by atoms with E-state index in [-0.39, 0.29) is 11.6 Å². The van der Waals surface area contributed by atoms with Crippen molar-refractivity contribution >= 4 is 21.9 Å². The van der Waals surface area contributed by atoms with Gasteiger partial charge in [-0.1, -0.05) is 0 Å². The summed E-state index contributed by atoms with van der Waals surface area (Å²) in [5.74, 6) is 0.398. The van der Waals surface area contributed by atoms with Crippen molar-refractivity contribution in [3.63, 3.8) is 0 Å². The molecule has 2 rings (SSSR count). The molecule has 5 nitrogen and oxygen atoms in total. The minimum atomic E-state index is -0.579. The van der Waals surface area contributed by atoms with Gasteiger partial charge in [0.1, 0.15) is 21.7 Å². The van der Waals surface area contributed by atoms with Crippen molar-refractivity contribution in [1.82, 2.24) is 9.97 Å². The van der Waals surface area contributed by atoms with E-state index in [0.717, 1.165) is 6.20 Å². The highest BCUT2D eigenvalue weighted by atomic mass is 79.9. The lowest BCUT2D eigenvalue weighted by Gasteiger charge is -2.13. The molecular weight excluding hydrogens is 317 g/mol. The van der Waals surface area contributed by atoms with Crippen LogP contribution in [0.15, 0.2) is 22.8 Å². The molecule has 0 spiro atoms. The first-order valence-corrected chi connectivity index (χ1v) is 6.06. The van der Waals surface area contributed by atoms with Crippen LogP contribution in [0.2, 0.25) is 0 Å². The SMILES string of the molecule is COc1ccc(-c2nc(N)ncc2F)c(OC)c1Br. The van der Waals surface area contributed by atoms with Gasteiger partial charge in [0.15, 0.2) is 5.82 Å². The first-order chi connectivity index (χ1) is 9.08. The maximum absolute atomic E-state index is 13.8. The fourth-order valence-electron chi connectivity index (χ4n) is 1.65. The van der Waals surface area contributed by atoms with Crippen molar-refractivity contribution in [3.05, 3.63) is 28.6 Å². The zero-order chi connectivity index (χ0) is 14.0. The second-order valence-electron chi connectivity index (χ2n) is 3.59. The number of nitrogens with two attached hydrogens (primary N) is 1. The molecule has 1 aromatic heterocycles. The number of benzene rings is 1. The monoisotopic (exact) mass is 327 g/mol. The van der Waals surface area contributed by atoms with Gasteiger partial charge in [-0.3, -0.25) is 0 Å². The van der Waals surface area contributed by atoms with E-state index in [2.05, 4.69) is 25.9 Å². The standard InChI is InChI=1S/C12H11BrFN3O2/c1-18-8-4-3-6(11(19-2)9(8)13)10-7(14)5-16-12(15)17-10/h3-5H,1-2H3,(H2,15,16,17). The van der Waals surface area contributed by atoms with Gasteiger partial charge in [0.2, 0.25) is 5.95 Å². The number of methoxy groups -OCH3 is 2. The van der Waals surface area contributed by atoms with Crippen molar-refractivity contribution in [3.8, 4) is 22.8 Å². The zero-order valence-electron chi connectivity index (χ0n) is 10.3. The van der Waals surface area contributed by atoms with Gasteiger partial charge >= 0.3 is 0 Å². The van der Waals surface area contributed by atoms with Crippen LogP contribution in [0, 0.1) is 5.82 Å². The average Bonchev–Trinajstić information content (AvgIpc) is 2.41. The molecule has 1 heterocycles. The Hall–Kier alpha value is -1.89. The number of hydrogen-bond acceptors (Lipinski definition) is 5. The van der Waals surface area contributed by atoms with E-state index in [1.165, 1.54) is 14.2 Å². The fourth-order valence-corrected chi connectivity index (χ4v) is 2.32. The van der Waals surface area contributed by atoms with Crippen LogP contribution in [-0.2, 0) is 0 Å². The molecule has 100 valence electrons. The summed E-state index contributed by atoms with van der Waals surface area (Å²) >= 11 is 3.35. The third kappa shape index (κ3) is 2.46. The van der Waals surface area contributed by atoms with Gasteiger partial charge in [0.25, 0.3) is 0 Å². The molecule has 19 heavy (non-hydrogen) atoms. The summed E-state index contributed by atoms with van der Waals surface area (Å²) in [7, 11) is 3.01. The number of anilines is 1. The molecule has 0 atom stereocenters. The van der Waals surface area contributed by atoms with Gasteiger partial charge in [0, 0.05) is 5.56 Å². The van der Waals surface area contributed by atoms with Crippen LogP contribution in [-0.4, -0.2) is 24.2 Å². The predicted octanol–water partition coefficient (Wildman–Crippen LogP) is 2.64. The Balaban J connectivity index is 2.68. The van der Waals surface area contributed by atoms with Crippen molar-refractivity contribution in [2.45, 2.75) is 0 Å².